The lowest BCUT2D eigenvalue weighted by Crippen LogP contribution is -2.73. The molecule has 0 unspecified atom stereocenters. The van der Waals surface area contributed by atoms with E-state index in [-0.39, 0.29) is 17.4 Å². The van der Waals surface area contributed by atoms with Gasteiger partial charge in [0.05, 0.1) is 17.9 Å². The molecule has 2 bridgehead atoms. The van der Waals surface area contributed by atoms with E-state index in [9.17, 15) is 9.18 Å². The first-order valence-corrected chi connectivity index (χ1v) is 9.40. The molecule has 2 aromatic heterocycles. The van der Waals surface area contributed by atoms with Gasteiger partial charge in [-0.15, -0.1) is 0 Å². The third kappa shape index (κ3) is 2.12. The maximum absolute atomic E-state index is 13.9. The van der Waals surface area contributed by atoms with Crippen LogP contribution in [-0.2, 0) is 0 Å². The van der Waals surface area contributed by atoms with E-state index in [1.165, 1.54) is 6.20 Å². The Balaban J connectivity index is 1.59. The Morgan fingerprint density at radius 2 is 1.81 bits per heavy atom. The number of nitrogens with one attached hydrogen (secondary N) is 2. The molecule has 0 radical (unpaired) electrons. The summed E-state index contributed by atoms with van der Waals surface area (Å²) in [7, 11) is 0. The molecule has 0 saturated heterocycles. The van der Waals surface area contributed by atoms with Crippen LogP contribution in [-0.4, -0.2) is 21.9 Å². The van der Waals surface area contributed by atoms with E-state index in [1.807, 2.05) is 0 Å². The topological polar surface area (TPSA) is 57.8 Å². The summed E-state index contributed by atoms with van der Waals surface area (Å²) in [5.74, 6) is 0.537. The summed E-state index contributed by atoms with van der Waals surface area (Å²) >= 11 is 0. The molecule has 0 aromatic carbocycles. The molecule has 140 valence electrons. The third-order valence-corrected chi connectivity index (χ3v) is 7.44. The Morgan fingerprint density at radius 1 is 1.15 bits per heavy atom. The van der Waals surface area contributed by atoms with Crippen LogP contribution < -0.4 is 5.32 Å². The predicted octanol–water partition coefficient (Wildman–Crippen LogP) is 4.53. The molecule has 26 heavy (non-hydrogen) atoms. The van der Waals surface area contributed by atoms with Crippen molar-refractivity contribution >= 4 is 16.8 Å². The third-order valence-electron chi connectivity index (χ3n) is 7.44. The summed E-state index contributed by atoms with van der Waals surface area (Å²) in [5.41, 5.74) is 1.52. The number of fused-ring (bicyclic) bond motifs is 3. The van der Waals surface area contributed by atoms with Crippen molar-refractivity contribution in [2.45, 2.75) is 54.0 Å². The van der Waals surface area contributed by atoms with Crippen molar-refractivity contribution < 1.29 is 9.18 Å². The van der Waals surface area contributed by atoms with Crippen LogP contribution in [0.25, 0.3) is 10.9 Å². The zero-order valence-corrected chi connectivity index (χ0v) is 16.4. The number of aromatic amines is 1. The van der Waals surface area contributed by atoms with E-state index in [1.54, 1.807) is 12.3 Å². The molecule has 3 aliphatic rings. The average molecular weight is 357 g/mol. The van der Waals surface area contributed by atoms with Crippen LogP contribution in [0.1, 0.15) is 58.5 Å². The molecular weight excluding hydrogens is 329 g/mol. The number of rotatable bonds is 2. The molecule has 5 heteroatoms. The Labute approximate surface area is 154 Å². The molecule has 1 atom stereocenters. The second-order valence-electron chi connectivity index (χ2n) is 9.98. The Hall–Kier alpha value is -1.91. The number of carbonyl (C=O) groups excluding carboxylic acids is 1. The van der Waals surface area contributed by atoms with E-state index < -0.39 is 5.82 Å². The lowest BCUT2D eigenvalue weighted by Gasteiger charge is -2.75. The molecule has 3 saturated carbocycles. The number of pyridine rings is 1. The smallest absolute Gasteiger partial charge is 0.267 e. The highest BCUT2D eigenvalue weighted by atomic mass is 19.1. The van der Waals surface area contributed by atoms with Crippen molar-refractivity contribution in [3.63, 3.8) is 0 Å². The minimum Gasteiger partial charge on any atom is -0.349 e. The Bertz CT molecular complexity index is 880. The van der Waals surface area contributed by atoms with Crippen LogP contribution in [0.3, 0.4) is 0 Å². The summed E-state index contributed by atoms with van der Waals surface area (Å²) in [5, 5.41) is 3.63. The van der Waals surface area contributed by atoms with Gasteiger partial charge in [-0.2, -0.15) is 0 Å². The van der Waals surface area contributed by atoms with Crippen LogP contribution in [0, 0.1) is 33.9 Å². The quantitative estimate of drug-likeness (QED) is 0.830. The number of hydrogen-bond acceptors (Lipinski definition) is 2. The number of amides is 1. The molecule has 5 rings (SSSR count). The predicted molar refractivity (Wildman–Crippen MR) is 100 cm³/mol. The molecule has 4 nitrogen and oxygen atoms in total. The maximum Gasteiger partial charge on any atom is 0.267 e. The van der Waals surface area contributed by atoms with Crippen LogP contribution in [0.4, 0.5) is 4.39 Å². The van der Waals surface area contributed by atoms with Crippen molar-refractivity contribution in [3.8, 4) is 0 Å². The first-order chi connectivity index (χ1) is 12.0. The summed E-state index contributed by atoms with van der Waals surface area (Å²) in [4.78, 5) is 19.7. The van der Waals surface area contributed by atoms with Gasteiger partial charge in [-0.3, -0.25) is 9.78 Å². The van der Waals surface area contributed by atoms with E-state index in [0.29, 0.717) is 39.3 Å². The molecule has 2 heterocycles. The normalized spacial score (nSPS) is 30.7. The fourth-order valence-electron chi connectivity index (χ4n) is 7.11. The average Bonchev–Trinajstić information content (AvgIpc) is 2.94. The van der Waals surface area contributed by atoms with E-state index in [2.05, 4.69) is 56.8 Å². The number of nitrogens with zero attached hydrogens (tertiary/aromatic N) is 1. The number of H-pyrrole nitrogens is 1. The molecular formula is C21H28FN3O. The first-order valence-electron chi connectivity index (χ1n) is 9.40. The fraction of sp³-hybridized carbons (Fsp3) is 0.619. The summed E-state index contributed by atoms with van der Waals surface area (Å²) in [6.07, 6.45) is 3.69. The van der Waals surface area contributed by atoms with E-state index in [4.69, 9.17) is 0 Å². The molecule has 3 fully saturated rings. The number of hydrogen-bond donors (Lipinski definition) is 2. The molecule has 2 N–H and O–H groups in total. The van der Waals surface area contributed by atoms with Crippen molar-refractivity contribution in [2.24, 2.45) is 28.1 Å². The summed E-state index contributed by atoms with van der Waals surface area (Å²) in [6, 6.07) is 1.69. The van der Waals surface area contributed by atoms with Gasteiger partial charge in [-0.25, -0.2) is 4.39 Å². The van der Waals surface area contributed by atoms with Gasteiger partial charge < -0.3 is 10.3 Å². The fourth-order valence-corrected chi connectivity index (χ4v) is 7.11. The summed E-state index contributed by atoms with van der Waals surface area (Å²) < 4.78 is 13.9. The van der Waals surface area contributed by atoms with Gasteiger partial charge in [0.15, 0.2) is 5.82 Å². The zero-order chi connectivity index (χ0) is 19.1. The minimum atomic E-state index is -0.416. The number of carbonyl (C=O) groups is 1. The molecule has 0 spiro atoms. The van der Waals surface area contributed by atoms with Gasteiger partial charge in [0.2, 0.25) is 0 Å². The Kier molecular flexibility index (Phi) is 3.42. The van der Waals surface area contributed by atoms with Crippen molar-refractivity contribution in [1.82, 2.24) is 15.3 Å². The zero-order valence-electron chi connectivity index (χ0n) is 16.4. The molecule has 1 amide bonds. The number of halogens is 1. The van der Waals surface area contributed by atoms with E-state index >= 15 is 0 Å². The molecule has 2 aromatic rings. The van der Waals surface area contributed by atoms with Crippen LogP contribution >= 0.6 is 0 Å². The van der Waals surface area contributed by atoms with Crippen LogP contribution in [0.15, 0.2) is 18.5 Å². The van der Waals surface area contributed by atoms with Crippen LogP contribution in [0.5, 0.6) is 0 Å². The van der Waals surface area contributed by atoms with Crippen molar-refractivity contribution in [3.05, 3.63) is 30.0 Å². The number of aromatic nitrogens is 2. The second-order valence-corrected chi connectivity index (χ2v) is 9.98. The minimum absolute atomic E-state index is 0.00374. The summed E-state index contributed by atoms with van der Waals surface area (Å²) in [6.45, 7) is 14.0. The standard InChI is InChI=1S/C21H28FN3O/c1-19(2)15-8-16(21(5,6)18(19)20(15,3)4)25-17(26)13-7-11-12(22)9-23-10-14(11)24-13/h7,9-10,15-16,18,24H,8H2,1-6H3,(H,25,26)/t15?,16-,18?/m0/s1. The van der Waals surface area contributed by atoms with E-state index in [0.717, 1.165) is 6.42 Å². The van der Waals surface area contributed by atoms with Gasteiger partial charge in [0, 0.05) is 11.4 Å². The van der Waals surface area contributed by atoms with Gasteiger partial charge in [0.25, 0.3) is 5.91 Å². The lowest BCUT2D eigenvalue weighted by atomic mass is 9.30. The first kappa shape index (κ1) is 17.5. The van der Waals surface area contributed by atoms with Gasteiger partial charge >= 0.3 is 0 Å². The van der Waals surface area contributed by atoms with Gasteiger partial charge in [0.1, 0.15) is 5.69 Å². The van der Waals surface area contributed by atoms with Crippen molar-refractivity contribution in [2.75, 3.05) is 0 Å². The van der Waals surface area contributed by atoms with Crippen molar-refractivity contribution in [1.29, 1.82) is 0 Å². The molecule has 3 aliphatic carbocycles. The largest absolute Gasteiger partial charge is 0.349 e. The SMILES string of the molecule is CC1(C)C2C[C@H](NC(=O)c3cc4c(F)cncc4[nH]3)C(C)(C)C1C2(C)C. The monoisotopic (exact) mass is 357 g/mol. The van der Waals surface area contributed by atoms with Gasteiger partial charge in [-0.05, 0) is 40.6 Å². The Morgan fingerprint density at radius 3 is 2.38 bits per heavy atom. The maximum atomic E-state index is 13.9. The second kappa shape index (κ2) is 5.08. The highest BCUT2D eigenvalue weighted by Crippen LogP contribution is 2.74. The molecule has 0 aliphatic heterocycles. The van der Waals surface area contributed by atoms with Gasteiger partial charge in [-0.1, -0.05) is 41.5 Å². The lowest BCUT2D eigenvalue weighted by molar-refractivity contribution is -0.260. The highest BCUT2D eigenvalue weighted by Gasteiger charge is 2.70. The highest BCUT2D eigenvalue weighted by molar-refractivity contribution is 5.98. The van der Waals surface area contributed by atoms with Crippen LogP contribution in [0.2, 0.25) is 0 Å².